The van der Waals surface area contributed by atoms with E-state index in [-0.39, 0.29) is 24.7 Å². The van der Waals surface area contributed by atoms with Gasteiger partial charge in [0.15, 0.2) is 0 Å². The van der Waals surface area contributed by atoms with Crippen LogP contribution in [0.2, 0.25) is 0 Å². The number of nitrogens with two attached hydrogens (primary N) is 1. The van der Waals surface area contributed by atoms with Crippen molar-refractivity contribution in [3.63, 3.8) is 0 Å². The van der Waals surface area contributed by atoms with Gasteiger partial charge in [-0.15, -0.1) is 0 Å². The van der Waals surface area contributed by atoms with Crippen LogP contribution in [0.5, 0.6) is 0 Å². The van der Waals surface area contributed by atoms with Gasteiger partial charge in [0.1, 0.15) is 11.7 Å². The highest BCUT2D eigenvalue weighted by molar-refractivity contribution is 5.99. The van der Waals surface area contributed by atoms with E-state index in [4.69, 9.17) is 5.73 Å². The van der Waals surface area contributed by atoms with E-state index in [1.165, 1.54) is 6.07 Å². The fraction of sp³-hybridized carbons (Fsp3) is 0.441. The second-order valence-corrected chi connectivity index (χ2v) is 11.5. The quantitative estimate of drug-likeness (QED) is 0.193. The van der Waals surface area contributed by atoms with E-state index in [1.807, 2.05) is 56.3 Å². The predicted molar refractivity (Wildman–Crippen MR) is 174 cm³/mol. The SMILES string of the molecule is CCN(CC)C(=O)N(CCC(C)C)CC(O)[C@@H](Cc1ccccc1)NC(=O)C(CC(N)=O)NC(=O)c1ccc2ccccc2n1. The number of nitrogens with zero attached hydrogens (tertiary/aromatic N) is 3. The zero-order valence-corrected chi connectivity index (χ0v) is 26.6. The summed E-state index contributed by atoms with van der Waals surface area (Å²) in [6.07, 6.45) is -0.632. The lowest BCUT2D eigenvalue weighted by atomic mass is 9.99. The van der Waals surface area contributed by atoms with E-state index in [1.54, 1.807) is 28.0 Å². The fourth-order valence-electron chi connectivity index (χ4n) is 5.00. The summed E-state index contributed by atoms with van der Waals surface area (Å²) in [5, 5.41) is 17.8. The number of fused-ring (bicyclic) bond motifs is 1. The van der Waals surface area contributed by atoms with Crippen LogP contribution in [0.1, 0.15) is 56.6 Å². The second kappa shape index (κ2) is 17.1. The minimum absolute atomic E-state index is 0.0202. The Balaban J connectivity index is 1.84. The molecule has 0 bridgehead atoms. The number of hydrogen-bond acceptors (Lipinski definition) is 6. The molecule has 2 aromatic carbocycles. The summed E-state index contributed by atoms with van der Waals surface area (Å²) in [4.78, 5) is 59.8. The molecule has 11 heteroatoms. The molecule has 45 heavy (non-hydrogen) atoms. The summed E-state index contributed by atoms with van der Waals surface area (Å²) < 4.78 is 0. The number of aliphatic hydroxyl groups is 1. The molecule has 1 aromatic heterocycles. The molecule has 1 heterocycles. The van der Waals surface area contributed by atoms with Crippen LogP contribution in [0.15, 0.2) is 66.7 Å². The van der Waals surface area contributed by atoms with Crippen LogP contribution in [0.3, 0.4) is 0 Å². The Labute approximate surface area is 265 Å². The highest BCUT2D eigenvalue weighted by Gasteiger charge is 2.31. The molecule has 3 rings (SSSR count). The molecule has 0 aliphatic heterocycles. The van der Waals surface area contributed by atoms with Crippen molar-refractivity contribution in [2.75, 3.05) is 26.2 Å². The summed E-state index contributed by atoms with van der Waals surface area (Å²) >= 11 is 0. The Morgan fingerprint density at radius 1 is 0.889 bits per heavy atom. The van der Waals surface area contributed by atoms with E-state index in [2.05, 4.69) is 29.5 Å². The average Bonchev–Trinajstić information content (AvgIpc) is 3.02. The molecule has 0 spiro atoms. The van der Waals surface area contributed by atoms with Crippen LogP contribution in [0.25, 0.3) is 10.9 Å². The predicted octanol–water partition coefficient (Wildman–Crippen LogP) is 3.11. The Bertz CT molecular complexity index is 1430. The molecule has 3 atom stereocenters. The lowest BCUT2D eigenvalue weighted by Gasteiger charge is -2.34. The minimum atomic E-state index is -1.32. The summed E-state index contributed by atoms with van der Waals surface area (Å²) in [7, 11) is 0. The van der Waals surface area contributed by atoms with Crippen molar-refractivity contribution < 1.29 is 24.3 Å². The number of hydrogen-bond donors (Lipinski definition) is 4. The number of primary amides is 1. The van der Waals surface area contributed by atoms with Crippen LogP contribution in [-0.4, -0.2) is 88.0 Å². The highest BCUT2D eigenvalue weighted by Crippen LogP contribution is 2.14. The number of amides is 5. The van der Waals surface area contributed by atoms with Gasteiger partial charge in [-0.25, -0.2) is 9.78 Å². The van der Waals surface area contributed by atoms with Gasteiger partial charge in [0, 0.05) is 25.0 Å². The maximum Gasteiger partial charge on any atom is 0.320 e. The molecule has 2 unspecified atom stereocenters. The van der Waals surface area contributed by atoms with Gasteiger partial charge in [0.05, 0.1) is 30.6 Å². The van der Waals surface area contributed by atoms with Gasteiger partial charge in [-0.1, -0.05) is 68.4 Å². The zero-order valence-electron chi connectivity index (χ0n) is 26.6. The normalized spacial score (nSPS) is 13.1. The van der Waals surface area contributed by atoms with Crippen molar-refractivity contribution in [3.05, 3.63) is 78.0 Å². The van der Waals surface area contributed by atoms with Gasteiger partial charge in [0.2, 0.25) is 11.8 Å². The van der Waals surface area contributed by atoms with Crippen LogP contribution < -0.4 is 16.4 Å². The number of aliphatic hydroxyl groups excluding tert-OH is 1. The number of aromatic nitrogens is 1. The van der Waals surface area contributed by atoms with Crippen LogP contribution in [-0.2, 0) is 16.0 Å². The van der Waals surface area contributed by atoms with Crippen molar-refractivity contribution in [1.82, 2.24) is 25.4 Å². The average molecular weight is 619 g/mol. The van der Waals surface area contributed by atoms with Gasteiger partial charge in [0.25, 0.3) is 5.91 Å². The first-order valence-electron chi connectivity index (χ1n) is 15.5. The molecule has 5 amide bonds. The number of pyridine rings is 1. The number of rotatable bonds is 16. The van der Waals surface area contributed by atoms with E-state index < -0.39 is 42.3 Å². The Kier molecular flexibility index (Phi) is 13.3. The van der Waals surface area contributed by atoms with E-state index >= 15 is 0 Å². The van der Waals surface area contributed by atoms with E-state index in [0.29, 0.717) is 31.1 Å². The molecule has 0 saturated heterocycles. The van der Waals surface area contributed by atoms with Crippen molar-refractivity contribution in [1.29, 1.82) is 0 Å². The maximum absolute atomic E-state index is 13.6. The molecule has 3 aromatic rings. The third-order valence-electron chi connectivity index (χ3n) is 7.64. The largest absolute Gasteiger partial charge is 0.389 e. The standard InChI is InChI=1S/C34H46N6O5/c1-5-39(6-2)34(45)40(19-18-23(3)4)22-30(41)28(20-24-12-8-7-9-13-24)37-33(44)29(21-31(35)42)38-32(43)27-17-16-25-14-10-11-15-26(25)36-27/h7-17,23,28-30,41H,5-6,18-22H2,1-4H3,(H2,35,42)(H,37,44)(H,38,43)/t28-,29?,30?/m1/s1. The van der Waals surface area contributed by atoms with Crippen LogP contribution in [0.4, 0.5) is 4.79 Å². The van der Waals surface area contributed by atoms with Gasteiger partial charge in [-0.05, 0) is 50.3 Å². The fourth-order valence-corrected chi connectivity index (χ4v) is 5.00. The van der Waals surface area contributed by atoms with Crippen LogP contribution >= 0.6 is 0 Å². The van der Waals surface area contributed by atoms with Gasteiger partial charge < -0.3 is 31.3 Å². The monoisotopic (exact) mass is 618 g/mol. The molecule has 0 aliphatic carbocycles. The minimum Gasteiger partial charge on any atom is -0.389 e. The molecule has 0 radical (unpaired) electrons. The van der Waals surface area contributed by atoms with E-state index in [0.717, 1.165) is 17.4 Å². The molecule has 0 fully saturated rings. The number of para-hydroxylation sites is 1. The molecule has 5 N–H and O–H groups in total. The zero-order chi connectivity index (χ0) is 32.9. The first-order valence-corrected chi connectivity index (χ1v) is 15.5. The summed E-state index contributed by atoms with van der Waals surface area (Å²) in [5.74, 6) is -1.78. The van der Waals surface area contributed by atoms with Crippen molar-refractivity contribution in [2.45, 2.75) is 65.1 Å². The Morgan fingerprint density at radius 3 is 2.20 bits per heavy atom. The number of carbonyl (C=O) groups is 4. The number of nitrogens with one attached hydrogen (secondary N) is 2. The first kappa shape index (κ1) is 35.0. The third-order valence-corrected chi connectivity index (χ3v) is 7.64. The Hall–Kier alpha value is -4.51. The van der Waals surface area contributed by atoms with Crippen LogP contribution in [0, 0.1) is 5.92 Å². The van der Waals surface area contributed by atoms with Gasteiger partial charge in [-0.2, -0.15) is 0 Å². The lowest BCUT2D eigenvalue weighted by molar-refractivity contribution is -0.128. The smallest absolute Gasteiger partial charge is 0.320 e. The maximum atomic E-state index is 13.6. The van der Waals surface area contributed by atoms with E-state index in [9.17, 15) is 24.3 Å². The van der Waals surface area contributed by atoms with Crippen molar-refractivity contribution in [3.8, 4) is 0 Å². The van der Waals surface area contributed by atoms with Crippen molar-refractivity contribution in [2.24, 2.45) is 11.7 Å². The number of benzene rings is 2. The third kappa shape index (κ3) is 10.6. The summed E-state index contributed by atoms with van der Waals surface area (Å²) in [6.45, 7) is 9.39. The second-order valence-electron chi connectivity index (χ2n) is 11.5. The molecule has 242 valence electrons. The number of urea groups is 1. The highest BCUT2D eigenvalue weighted by atomic mass is 16.3. The van der Waals surface area contributed by atoms with Gasteiger partial charge >= 0.3 is 6.03 Å². The Morgan fingerprint density at radius 2 is 1.56 bits per heavy atom. The molecular formula is C34H46N6O5. The van der Waals surface area contributed by atoms with Gasteiger partial charge in [-0.3, -0.25) is 14.4 Å². The van der Waals surface area contributed by atoms with Crippen molar-refractivity contribution >= 4 is 34.7 Å². The number of carbonyl (C=O) groups excluding carboxylic acids is 4. The summed E-state index contributed by atoms with van der Waals surface area (Å²) in [6, 6.07) is 17.5. The molecule has 0 aliphatic rings. The first-order chi connectivity index (χ1) is 21.5. The lowest BCUT2D eigenvalue weighted by Crippen LogP contribution is -2.57. The molecule has 0 saturated carbocycles. The molecule has 11 nitrogen and oxygen atoms in total. The topological polar surface area (TPSA) is 158 Å². The summed E-state index contributed by atoms with van der Waals surface area (Å²) in [5.41, 5.74) is 6.99. The molecular weight excluding hydrogens is 572 g/mol.